The first-order valence-corrected chi connectivity index (χ1v) is 13.8. The number of aromatic nitrogens is 3. The van der Waals surface area contributed by atoms with Crippen LogP contribution in [0.15, 0.2) is 53.9 Å². The first-order valence-electron chi connectivity index (χ1n) is 11.4. The van der Waals surface area contributed by atoms with Gasteiger partial charge in [0.1, 0.15) is 11.9 Å². The average Bonchev–Trinajstić information content (AvgIpc) is 2.89. The monoisotopic (exact) mass is 552 g/mol. The van der Waals surface area contributed by atoms with Crippen molar-refractivity contribution in [3.05, 3.63) is 66.0 Å². The minimum Gasteiger partial charge on any atom is -0.472 e. The molecule has 1 fully saturated rings. The van der Waals surface area contributed by atoms with Gasteiger partial charge in [-0.25, -0.2) is 13.8 Å². The molecule has 0 spiro atoms. The second kappa shape index (κ2) is 12.0. The number of aliphatic hydroxyl groups excluding tert-OH is 1. The van der Waals surface area contributed by atoms with Crippen LogP contribution in [0.5, 0.6) is 5.88 Å². The van der Waals surface area contributed by atoms with E-state index >= 15 is 0 Å². The summed E-state index contributed by atoms with van der Waals surface area (Å²) in [7, 11) is -3.96. The maximum atomic E-state index is 14.1. The van der Waals surface area contributed by atoms with Crippen molar-refractivity contribution in [3.8, 4) is 5.88 Å². The van der Waals surface area contributed by atoms with E-state index in [2.05, 4.69) is 24.6 Å². The maximum absolute atomic E-state index is 14.1. The predicted molar refractivity (Wildman–Crippen MR) is 136 cm³/mol. The number of benzene rings is 1. The van der Waals surface area contributed by atoms with E-state index in [4.69, 9.17) is 4.74 Å². The molecule has 1 atom stereocenters. The van der Waals surface area contributed by atoms with Gasteiger partial charge in [0.2, 0.25) is 5.88 Å². The number of thioether (sulfide) groups is 1. The number of pyridine rings is 1. The molecule has 10 nitrogen and oxygen atoms in total. The molecule has 0 radical (unpaired) electrons. The number of nitrogens with one attached hydrogen (secondary N) is 1. The summed E-state index contributed by atoms with van der Waals surface area (Å²) in [5.41, 5.74) is 1.07. The number of anilines is 2. The largest absolute Gasteiger partial charge is 0.472 e. The highest BCUT2D eigenvalue weighted by molar-refractivity contribution is 7.98. The second-order valence-electron chi connectivity index (χ2n) is 8.19. The van der Waals surface area contributed by atoms with Gasteiger partial charge in [-0.1, -0.05) is 23.9 Å². The minimum absolute atomic E-state index is 0.00571. The van der Waals surface area contributed by atoms with Crippen LogP contribution in [0.2, 0.25) is 0 Å². The summed E-state index contributed by atoms with van der Waals surface area (Å²) in [5, 5.41) is 9.42. The highest BCUT2D eigenvalue weighted by atomic mass is 32.2. The number of ether oxygens (including phenoxy) is 1. The molecular weight excluding hydrogens is 526 g/mol. The Kier molecular flexibility index (Phi) is 8.74. The fraction of sp³-hybridized carbons (Fsp3) is 0.348. The molecule has 1 aliphatic rings. The van der Waals surface area contributed by atoms with E-state index in [9.17, 15) is 22.3 Å². The smallest absolute Gasteiger partial charge is 0.302 e. The molecule has 1 saturated heterocycles. The van der Waals surface area contributed by atoms with Crippen molar-refractivity contribution < 1.29 is 27.0 Å². The fourth-order valence-electron chi connectivity index (χ4n) is 3.56. The number of hydrogen-bond donors (Lipinski definition) is 2. The standard InChI is InChI=1S/C23H26F2N6O4S2/c1-16(14-32)35-21-13-20(27-23(28-21)36-15-17-3-2-4-19(24)22(17)25)29-37(33,34)31-11-9-30(10-12-31)18-5-7-26-8-6-18/h2-8,13,16,32H,9-12,14-15H2,1H3,(H,27,28,29)/t16-/m1/s1. The Morgan fingerprint density at radius 1 is 1.14 bits per heavy atom. The van der Waals surface area contributed by atoms with Gasteiger partial charge < -0.3 is 14.7 Å². The molecule has 37 heavy (non-hydrogen) atoms. The summed E-state index contributed by atoms with van der Waals surface area (Å²) >= 11 is 0.987. The van der Waals surface area contributed by atoms with Gasteiger partial charge >= 0.3 is 10.2 Å². The number of aliphatic hydroxyl groups is 1. The quantitative estimate of drug-likeness (QED) is 0.289. The van der Waals surface area contributed by atoms with E-state index < -0.39 is 27.9 Å². The molecule has 0 amide bonds. The molecule has 0 unspecified atom stereocenters. The number of hydrogen-bond acceptors (Lipinski definition) is 9. The zero-order valence-corrected chi connectivity index (χ0v) is 21.6. The van der Waals surface area contributed by atoms with Crippen molar-refractivity contribution in [1.82, 2.24) is 19.3 Å². The molecular formula is C23H26F2N6O4S2. The molecule has 3 heterocycles. The topological polar surface area (TPSA) is 121 Å². The van der Waals surface area contributed by atoms with Gasteiger partial charge in [0, 0.05) is 61.6 Å². The number of halogens is 2. The Morgan fingerprint density at radius 2 is 1.86 bits per heavy atom. The van der Waals surface area contributed by atoms with E-state index in [-0.39, 0.29) is 47.9 Å². The molecule has 3 aromatic rings. The third-order valence-corrected chi connectivity index (χ3v) is 7.90. The van der Waals surface area contributed by atoms with Crippen molar-refractivity contribution in [2.75, 3.05) is 42.4 Å². The van der Waals surface area contributed by atoms with E-state index in [1.54, 1.807) is 19.3 Å². The number of nitrogens with zero attached hydrogens (tertiary/aromatic N) is 5. The van der Waals surface area contributed by atoms with Crippen molar-refractivity contribution >= 4 is 33.5 Å². The van der Waals surface area contributed by atoms with Crippen LogP contribution in [0.1, 0.15) is 12.5 Å². The Morgan fingerprint density at radius 3 is 2.57 bits per heavy atom. The molecule has 1 aromatic carbocycles. The van der Waals surface area contributed by atoms with E-state index in [1.165, 1.54) is 22.5 Å². The van der Waals surface area contributed by atoms with Crippen LogP contribution in [0.3, 0.4) is 0 Å². The van der Waals surface area contributed by atoms with Gasteiger partial charge in [-0.3, -0.25) is 9.71 Å². The Hall–Kier alpha value is -3.07. The van der Waals surface area contributed by atoms with Gasteiger partial charge in [0.15, 0.2) is 16.8 Å². The van der Waals surface area contributed by atoms with Gasteiger partial charge in [-0.15, -0.1) is 0 Å². The summed E-state index contributed by atoms with van der Waals surface area (Å²) < 4.78 is 63.2. The number of rotatable bonds is 10. The minimum atomic E-state index is -3.96. The lowest BCUT2D eigenvalue weighted by Crippen LogP contribution is -2.50. The summed E-state index contributed by atoms with van der Waals surface area (Å²) in [6, 6.07) is 8.90. The van der Waals surface area contributed by atoms with E-state index in [1.807, 2.05) is 12.1 Å². The summed E-state index contributed by atoms with van der Waals surface area (Å²) in [6.45, 7) is 2.84. The average molecular weight is 553 g/mol. The van der Waals surface area contributed by atoms with E-state index in [0.29, 0.717) is 13.1 Å². The second-order valence-corrected chi connectivity index (χ2v) is 10.8. The van der Waals surface area contributed by atoms with E-state index in [0.717, 1.165) is 23.5 Å². The van der Waals surface area contributed by atoms with Crippen LogP contribution < -0.4 is 14.4 Å². The van der Waals surface area contributed by atoms with Gasteiger partial charge in [0.05, 0.1) is 6.61 Å². The summed E-state index contributed by atoms with van der Waals surface area (Å²) in [6.07, 6.45) is 2.76. The summed E-state index contributed by atoms with van der Waals surface area (Å²) in [5.74, 6) is -1.95. The van der Waals surface area contributed by atoms with Crippen molar-refractivity contribution in [1.29, 1.82) is 0 Å². The SMILES string of the molecule is C[C@H](CO)Oc1cc(NS(=O)(=O)N2CCN(c3ccncc3)CC2)nc(SCc2cccc(F)c2F)n1. The molecule has 0 aliphatic carbocycles. The van der Waals surface area contributed by atoms with Crippen LogP contribution >= 0.6 is 11.8 Å². The zero-order valence-electron chi connectivity index (χ0n) is 19.9. The Labute approximate surface area is 217 Å². The Balaban J connectivity index is 1.48. The molecule has 0 bridgehead atoms. The van der Waals surface area contributed by atoms with Crippen LogP contribution in [-0.2, 0) is 16.0 Å². The van der Waals surface area contributed by atoms with Crippen molar-refractivity contribution in [2.24, 2.45) is 0 Å². The van der Waals surface area contributed by atoms with Crippen LogP contribution in [0.25, 0.3) is 0 Å². The normalized spacial score (nSPS) is 15.4. The Bertz CT molecular complexity index is 1310. The van der Waals surface area contributed by atoms with Crippen molar-refractivity contribution in [3.63, 3.8) is 0 Å². The molecule has 4 rings (SSSR count). The predicted octanol–water partition coefficient (Wildman–Crippen LogP) is 2.68. The lowest BCUT2D eigenvalue weighted by molar-refractivity contribution is 0.124. The highest BCUT2D eigenvalue weighted by Gasteiger charge is 2.28. The molecule has 14 heteroatoms. The highest BCUT2D eigenvalue weighted by Crippen LogP contribution is 2.27. The fourth-order valence-corrected chi connectivity index (χ4v) is 5.53. The molecule has 1 aliphatic heterocycles. The zero-order chi connectivity index (χ0) is 26.4. The van der Waals surface area contributed by atoms with Gasteiger partial charge in [0.25, 0.3) is 0 Å². The first-order chi connectivity index (χ1) is 17.7. The molecule has 2 N–H and O–H groups in total. The molecule has 2 aromatic heterocycles. The van der Waals surface area contributed by atoms with Crippen molar-refractivity contribution in [2.45, 2.75) is 23.9 Å². The third kappa shape index (κ3) is 7.03. The lowest BCUT2D eigenvalue weighted by atomic mass is 10.2. The van der Waals surface area contributed by atoms with Crippen LogP contribution in [0, 0.1) is 11.6 Å². The first kappa shape index (κ1) is 27.0. The van der Waals surface area contributed by atoms with Gasteiger partial charge in [-0.05, 0) is 25.1 Å². The molecule has 0 saturated carbocycles. The third-order valence-electron chi connectivity index (χ3n) is 5.49. The molecule has 198 valence electrons. The summed E-state index contributed by atoms with van der Waals surface area (Å²) in [4.78, 5) is 14.5. The van der Waals surface area contributed by atoms with Gasteiger partial charge in [-0.2, -0.15) is 17.7 Å². The lowest BCUT2D eigenvalue weighted by Gasteiger charge is -2.35. The maximum Gasteiger partial charge on any atom is 0.302 e. The number of piperazine rings is 1. The van der Waals surface area contributed by atoms with Crippen LogP contribution in [0.4, 0.5) is 20.3 Å². The van der Waals surface area contributed by atoms with Crippen LogP contribution in [-0.4, -0.2) is 71.7 Å².